The Morgan fingerprint density at radius 3 is 2.33 bits per heavy atom. The molecule has 0 saturated heterocycles. The summed E-state index contributed by atoms with van der Waals surface area (Å²) in [7, 11) is 5.43. The predicted molar refractivity (Wildman–Crippen MR) is 76.6 cm³/mol. The van der Waals surface area contributed by atoms with E-state index in [1.807, 2.05) is 61.0 Å². The first-order valence-electron chi connectivity index (χ1n) is 5.54. The maximum Gasteiger partial charge on any atom is 0.153 e. The second kappa shape index (κ2) is 6.48. The molecule has 0 aliphatic heterocycles. The molecule has 3 nitrogen and oxygen atoms in total. The molecule has 0 radical (unpaired) electrons. The van der Waals surface area contributed by atoms with E-state index in [9.17, 15) is 5.26 Å². The molecule has 0 saturated carbocycles. The smallest absolute Gasteiger partial charge is 0.153 e. The highest BCUT2D eigenvalue weighted by molar-refractivity contribution is 8.01. The van der Waals surface area contributed by atoms with E-state index in [1.165, 1.54) is 0 Å². The van der Waals surface area contributed by atoms with Crippen molar-refractivity contribution in [3.63, 3.8) is 0 Å². The predicted octanol–water partition coefficient (Wildman–Crippen LogP) is 2.85. The molecule has 1 unspecified atom stereocenters. The summed E-state index contributed by atoms with van der Waals surface area (Å²) in [6.07, 6.45) is 3.89. The summed E-state index contributed by atoms with van der Waals surface area (Å²) in [6, 6.07) is 9.98. The fourth-order valence-electron chi connectivity index (χ4n) is 1.72. The van der Waals surface area contributed by atoms with Crippen LogP contribution in [-0.2, 0) is 5.54 Å². The Hall–Kier alpha value is -1.44. The Bertz CT molecular complexity index is 448. The van der Waals surface area contributed by atoms with Gasteiger partial charge < -0.3 is 4.74 Å². The van der Waals surface area contributed by atoms with Crippen LogP contribution < -0.4 is 4.74 Å². The third-order valence-corrected chi connectivity index (χ3v) is 3.26. The molecule has 18 heavy (non-hydrogen) atoms. The van der Waals surface area contributed by atoms with Gasteiger partial charge in [-0.1, -0.05) is 12.1 Å². The van der Waals surface area contributed by atoms with Crippen LogP contribution in [0.4, 0.5) is 0 Å². The van der Waals surface area contributed by atoms with Crippen LogP contribution in [0.15, 0.2) is 35.7 Å². The van der Waals surface area contributed by atoms with E-state index in [4.69, 9.17) is 4.74 Å². The molecule has 1 atom stereocenters. The van der Waals surface area contributed by atoms with Gasteiger partial charge in [-0.05, 0) is 49.5 Å². The van der Waals surface area contributed by atoms with Crippen molar-refractivity contribution in [2.75, 3.05) is 27.5 Å². The van der Waals surface area contributed by atoms with E-state index in [1.54, 1.807) is 18.9 Å². The van der Waals surface area contributed by atoms with E-state index in [2.05, 4.69) is 6.07 Å². The number of rotatable bonds is 5. The molecule has 0 N–H and O–H groups in total. The highest BCUT2D eigenvalue weighted by Crippen LogP contribution is 2.29. The third kappa shape index (κ3) is 2.87. The molecule has 4 heteroatoms. The van der Waals surface area contributed by atoms with Crippen molar-refractivity contribution in [1.82, 2.24) is 4.90 Å². The Morgan fingerprint density at radius 2 is 1.94 bits per heavy atom. The van der Waals surface area contributed by atoms with Crippen molar-refractivity contribution in [3.8, 4) is 11.8 Å². The molecule has 0 aromatic heterocycles. The molecular formula is C14H18N2OS. The van der Waals surface area contributed by atoms with Crippen LogP contribution >= 0.6 is 11.8 Å². The number of nitrogens with zero attached hydrogens (tertiary/aromatic N) is 2. The summed E-state index contributed by atoms with van der Waals surface area (Å²) in [5.74, 6) is 0.790. The molecule has 0 aliphatic rings. The number of ether oxygens (including phenoxy) is 1. The van der Waals surface area contributed by atoms with E-state index in [0.717, 1.165) is 11.3 Å². The highest BCUT2D eigenvalue weighted by Gasteiger charge is 2.31. The van der Waals surface area contributed by atoms with Crippen molar-refractivity contribution < 1.29 is 4.74 Å². The van der Waals surface area contributed by atoms with Gasteiger partial charge in [0.25, 0.3) is 0 Å². The fraction of sp³-hybridized carbons (Fsp3) is 0.357. The van der Waals surface area contributed by atoms with Crippen LogP contribution in [0.1, 0.15) is 5.56 Å². The summed E-state index contributed by atoms with van der Waals surface area (Å²) in [6.45, 7) is 0. The Labute approximate surface area is 113 Å². The number of hydrogen-bond donors (Lipinski definition) is 0. The van der Waals surface area contributed by atoms with Crippen molar-refractivity contribution in [1.29, 1.82) is 5.26 Å². The lowest BCUT2D eigenvalue weighted by Crippen LogP contribution is -2.38. The van der Waals surface area contributed by atoms with Gasteiger partial charge in [-0.15, -0.1) is 11.8 Å². The molecule has 0 aliphatic carbocycles. The van der Waals surface area contributed by atoms with Crippen LogP contribution in [-0.4, -0.2) is 32.4 Å². The number of hydrogen-bond acceptors (Lipinski definition) is 4. The SMILES string of the molecule is COc1ccc(C(C#N)(/C=C/SC)N(C)C)cc1. The van der Waals surface area contributed by atoms with Gasteiger partial charge in [0.05, 0.1) is 13.2 Å². The van der Waals surface area contributed by atoms with Crippen molar-refractivity contribution in [2.24, 2.45) is 0 Å². The van der Waals surface area contributed by atoms with Gasteiger partial charge in [0.15, 0.2) is 5.54 Å². The third-order valence-electron chi connectivity index (χ3n) is 2.85. The lowest BCUT2D eigenvalue weighted by molar-refractivity contribution is 0.275. The standard InChI is InChI=1S/C14H18N2OS/c1-16(2)14(11-15,9-10-18-4)12-5-7-13(17-3)8-6-12/h5-10H,1-4H3/b10-9+. The van der Waals surface area contributed by atoms with Gasteiger partial charge in [0.2, 0.25) is 0 Å². The van der Waals surface area contributed by atoms with Crippen molar-refractivity contribution in [3.05, 3.63) is 41.3 Å². The Kier molecular flexibility index (Phi) is 5.26. The average molecular weight is 262 g/mol. The van der Waals surface area contributed by atoms with E-state index in [-0.39, 0.29) is 0 Å². The summed E-state index contributed by atoms with van der Waals surface area (Å²) < 4.78 is 5.14. The highest BCUT2D eigenvalue weighted by atomic mass is 32.2. The first-order valence-corrected chi connectivity index (χ1v) is 6.83. The normalized spacial score (nSPS) is 14.4. The molecule has 1 aromatic rings. The molecule has 1 rings (SSSR count). The quantitative estimate of drug-likeness (QED) is 0.817. The number of thioether (sulfide) groups is 1. The number of methoxy groups -OCH3 is 1. The maximum atomic E-state index is 9.57. The van der Waals surface area contributed by atoms with Crippen LogP contribution in [0.5, 0.6) is 5.75 Å². The molecule has 1 aromatic carbocycles. The molecule has 0 heterocycles. The van der Waals surface area contributed by atoms with Crippen LogP contribution in [0.3, 0.4) is 0 Å². The zero-order valence-corrected chi connectivity index (χ0v) is 12.0. The van der Waals surface area contributed by atoms with Gasteiger partial charge in [0.1, 0.15) is 5.75 Å². The first kappa shape index (κ1) is 14.6. The summed E-state index contributed by atoms with van der Waals surface area (Å²) in [5, 5.41) is 11.5. The molecule has 0 fully saturated rings. The van der Waals surface area contributed by atoms with Gasteiger partial charge >= 0.3 is 0 Å². The first-order chi connectivity index (χ1) is 8.60. The number of likely N-dealkylation sites (N-methyl/N-ethyl adjacent to an activating group) is 1. The van der Waals surface area contributed by atoms with E-state index in [0.29, 0.717) is 0 Å². The van der Waals surface area contributed by atoms with E-state index < -0.39 is 5.54 Å². The second-order valence-corrected chi connectivity index (χ2v) is 4.78. The maximum absolute atomic E-state index is 9.57. The van der Waals surface area contributed by atoms with Gasteiger partial charge in [-0.2, -0.15) is 5.26 Å². The molecule has 96 valence electrons. The van der Waals surface area contributed by atoms with Gasteiger partial charge in [-0.3, -0.25) is 4.90 Å². The average Bonchev–Trinajstić information content (AvgIpc) is 2.40. The Balaban J connectivity index is 3.25. The van der Waals surface area contributed by atoms with E-state index >= 15 is 0 Å². The zero-order valence-electron chi connectivity index (χ0n) is 11.2. The molecular weight excluding hydrogens is 244 g/mol. The van der Waals surface area contributed by atoms with Crippen LogP contribution in [0.2, 0.25) is 0 Å². The number of nitriles is 1. The minimum atomic E-state index is -0.741. The van der Waals surface area contributed by atoms with Gasteiger partial charge in [0, 0.05) is 0 Å². The van der Waals surface area contributed by atoms with Crippen LogP contribution in [0.25, 0.3) is 0 Å². The van der Waals surface area contributed by atoms with Gasteiger partial charge in [-0.25, -0.2) is 0 Å². The number of benzene rings is 1. The zero-order chi connectivity index (χ0) is 13.6. The minimum Gasteiger partial charge on any atom is -0.497 e. The summed E-state index contributed by atoms with van der Waals surface area (Å²) in [5.41, 5.74) is 0.191. The lowest BCUT2D eigenvalue weighted by atomic mass is 9.90. The largest absolute Gasteiger partial charge is 0.497 e. The van der Waals surface area contributed by atoms with Crippen LogP contribution in [0, 0.1) is 11.3 Å². The Morgan fingerprint density at radius 1 is 1.33 bits per heavy atom. The topological polar surface area (TPSA) is 36.3 Å². The minimum absolute atomic E-state index is 0.741. The molecule has 0 bridgehead atoms. The molecule has 0 spiro atoms. The lowest BCUT2D eigenvalue weighted by Gasteiger charge is -2.31. The monoisotopic (exact) mass is 262 g/mol. The van der Waals surface area contributed by atoms with Crippen molar-refractivity contribution >= 4 is 11.8 Å². The fourth-order valence-corrected chi connectivity index (χ4v) is 2.05. The van der Waals surface area contributed by atoms with Crippen molar-refractivity contribution in [2.45, 2.75) is 5.54 Å². The molecule has 0 amide bonds. The second-order valence-electron chi connectivity index (χ2n) is 4.04. The summed E-state index contributed by atoms with van der Waals surface area (Å²) >= 11 is 1.58. The summed E-state index contributed by atoms with van der Waals surface area (Å²) in [4.78, 5) is 1.90.